The molecule has 0 saturated heterocycles. The minimum Gasteiger partial charge on any atom is -0.139 e. The molecule has 0 N–H and O–H groups in total. The van der Waals surface area contributed by atoms with E-state index < -0.39 is 0 Å². The van der Waals surface area contributed by atoms with E-state index >= 15 is 0 Å². The molecule has 1 heterocycles. The van der Waals surface area contributed by atoms with Crippen LogP contribution >= 0.6 is 43.2 Å². The zero-order valence-corrected chi connectivity index (χ0v) is 10.9. The Bertz CT molecular complexity index is 420. The fourth-order valence-electron chi connectivity index (χ4n) is 1.40. The van der Waals surface area contributed by atoms with E-state index in [-0.39, 0.29) is 0 Å². The number of alkyl halides is 2. The first-order valence-corrected chi connectivity index (χ1v) is 7.04. The van der Waals surface area contributed by atoms with Crippen LogP contribution in [0, 0.1) is 0 Å². The lowest BCUT2D eigenvalue weighted by Crippen LogP contribution is -1.78. The highest BCUT2D eigenvalue weighted by molar-refractivity contribution is 9.09. The van der Waals surface area contributed by atoms with Gasteiger partial charge in [0.25, 0.3) is 0 Å². The summed E-state index contributed by atoms with van der Waals surface area (Å²) in [7, 11) is 0. The predicted octanol–water partition coefficient (Wildman–Crippen LogP) is 4.69. The first-order valence-electron chi connectivity index (χ1n) is 3.98. The quantitative estimate of drug-likeness (QED) is 0.704. The summed E-state index contributed by atoms with van der Waals surface area (Å²) in [5.74, 6) is 0. The van der Waals surface area contributed by atoms with E-state index in [9.17, 15) is 0 Å². The van der Waals surface area contributed by atoms with Crippen molar-refractivity contribution in [2.24, 2.45) is 0 Å². The lowest BCUT2D eigenvalue weighted by Gasteiger charge is -1.94. The third kappa shape index (κ3) is 1.69. The molecule has 0 amide bonds. The zero-order valence-electron chi connectivity index (χ0n) is 6.89. The van der Waals surface area contributed by atoms with Gasteiger partial charge in [0.1, 0.15) is 0 Å². The second kappa shape index (κ2) is 4.11. The van der Waals surface area contributed by atoms with Gasteiger partial charge in [-0.15, -0.1) is 11.3 Å². The fourth-order valence-corrected chi connectivity index (χ4v) is 3.98. The summed E-state index contributed by atoms with van der Waals surface area (Å²) in [4.78, 5) is 1.43. The van der Waals surface area contributed by atoms with Gasteiger partial charge in [-0.3, -0.25) is 0 Å². The molecule has 0 aliphatic carbocycles. The average molecular weight is 320 g/mol. The number of halogens is 2. The lowest BCUT2D eigenvalue weighted by molar-refractivity contribution is 1.42. The number of fused-ring (bicyclic) bond motifs is 1. The zero-order chi connectivity index (χ0) is 9.26. The van der Waals surface area contributed by atoms with E-state index in [2.05, 4.69) is 56.1 Å². The number of hydrogen-bond acceptors (Lipinski definition) is 1. The van der Waals surface area contributed by atoms with E-state index in [4.69, 9.17) is 0 Å². The van der Waals surface area contributed by atoms with Crippen LogP contribution < -0.4 is 0 Å². The Balaban J connectivity index is 2.73. The molecule has 0 saturated carbocycles. The van der Waals surface area contributed by atoms with Crippen LogP contribution in [0.25, 0.3) is 10.1 Å². The number of rotatable bonds is 2. The Hall–Kier alpha value is 0.140. The topological polar surface area (TPSA) is 0 Å². The first kappa shape index (κ1) is 9.69. The van der Waals surface area contributed by atoms with Crippen LogP contribution in [0.4, 0.5) is 0 Å². The van der Waals surface area contributed by atoms with Gasteiger partial charge in [-0.1, -0.05) is 50.1 Å². The van der Waals surface area contributed by atoms with Gasteiger partial charge >= 0.3 is 0 Å². The Morgan fingerprint density at radius 1 is 1.08 bits per heavy atom. The fraction of sp³-hybridized carbons (Fsp3) is 0.200. The second-order valence-corrected chi connectivity index (χ2v) is 5.03. The molecule has 3 heteroatoms. The maximum Gasteiger partial charge on any atom is 0.0380 e. The smallest absolute Gasteiger partial charge is 0.0380 e. The van der Waals surface area contributed by atoms with Crippen molar-refractivity contribution in [3.63, 3.8) is 0 Å². The molecule has 0 nitrogen and oxygen atoms in total. The van der Waals surface area contributed by atoms with Crippen LogP contribution in [-0.4, -0.2) is 0 Å². The van der Waals surface area contributed by atoms with Crippen LogP contribution in [0.1, 0.15) is 10.4 Å². The van der Waals surface area contributed by atoms with Crippen LogP contribution in [0.2, 0.25) is 0 Å². The molecule has 0 aliphatic heterocycles. The standard InChI is InChI=1S/C10H8Br2S/c11-5-8-7-3-1-2-4-9(7)13-10(8)6-12/h1-4H,5-6H2. The summed E-state index contributed by atoms with van der Waals surface area (Å²) >= 11 is 8.92. The number of hydrogen-bond donors (Lipinski definition) is 0. The Kier molecular flexibility index (Phi) is 3.06. The van der Waals surface area contributed by atoms with Gasteiger partial charge in [0, 0.05) is 20.2 Å². The Morgan fingerprint density at radius 2 is 1.85 bits per heavy atom. The molecule has 2 rings (SSSR count). The van der Waals surface area contributed by atoms with Gasteiger partial charge in [-0.25, -0.2) is 0 Å². The molecule has 0 aliphatic rings. The van der Waals surface area contributed by atoms with E-state index in [1.807, 2.05) is 11.3 Å². The summed E-state index contributed by atoms with van der Waals surface area (Å²) in [6.45, 7) is 0. The van der Waals surface area contributed by atoms with Gasteiger partial charge in [0.05, 0.1) is 0 Å². The summed E-state index contributed by atoms with van der Waals surface area (Å²) < 4.78 is 1.38. The van der Waals surface area contributed by atoms with Crippen LogP contribution in [0.5, 0.6) is 0 Å². The molecule has 2 aromatic rings. The normalized spacial score (nSPS) is 10.9. The molecule has 0 unspecified atom stereocenters. The SMILES string of the molecule is BrCc1sc2ccccc2c1CBr. The monoisotopic (exact) mass is 318 g/mol. The molecule has 0 fully saturated rings. The highest BCUT2D eigenvalue weighted by Gasteiger charge is 2.08. The van der Waals surface area contributed by atoms with Crippen molar-refractivity contribution in [1.82, 2.24) is 0 Å². The maximum absolute atomic E-state index is 3.54. The molecule has 0 atom stereocenters. The third-order valence-corrected chi connectivity index (χ3v) is 4.74. The molecular weight excluding hydrogens is 312 g/mol. The van der Waals surface area contributed by atoms with Crippen molar-refractivity contribution in [2.45, 2.75) is 10.7 Å². The minimum atomic E-state index is 0.942. The van der Waals surface area contributed by atoms with Crippen LogP contribution in [0.3, 0.4) is 0 Å². The maximum atomic E-state index is 3.54. The van der Waals surface area contributed by atoms with Crippen molar-refractivity contribution < 1.29 is 0 Å². The van der Waals surface area contributed by atoms with Gasteiger partial charge in [-0.05, 0) is 17.0 Å². The molecule has 1 aromatic carbocycles. The van der Waals surface area contributed by atoms with E-state index in [1.54, 1.807) is 0 Å². The second-order valence-electron chi connectivity index (χ2n) is 2.77. The largest absolute Gasteiger partial charge is 0.139 e. The molecule has 0 bridgehead atoms. The molecule has 68 valence electrons. The van der Waals surface area contributed by atoms with Gasteiger partial charge in [-0.2, -0.15) is 0 Å². The van der Waals surface area contributed by atoms with Gasteiger partial charge < -0.3 is 0 Å². The van der Waals surface area contributed by atoms with Crippen molar-refractivity contribution in [1.29, 1.82) is 0 Å². The molecule has 13 heavy (non-hydrogen) atoms. The average Bonchev–Trinajstić information content (AvgIpc) is 2.55. The van der Waals surface area contributed by atoms with Crippen LogP contribution in [0.15, 0.2) is 24.3 Å². The third-order valence-electron chi connectivity index (χ3n) is 2.04. The van der Waals surface area contributed by atoms with Crippen LogP contribution in [-0.2, 0) is 10.7 Å². The highest BCUT2D eigenvalue weighted by atomic mass is 79.9. The van der Waals surface area contributed by atoms with Crippen molar-refractivity contribution in [3.05, 3.63) is 34.7 Å². The number of thiophene rings is 1. The summed E-state index contributed by atoms with van der Waals surface area (Å²) in [5.41, 5.74) is 1.43. The molecule has 1 aromatic heterocycles. The summed E-state index contributed by atoms with van der Waals surface area (Å²) in [6.07, 6.45) is 0. The van der Waals surface area contributed by atoms with E-state index in [0.717, 1.165) is 10.7 Å². The molecular formula is C10H8Br2S. The van der Waals surface area contributed by atoms with Crippen molar-refractivity contribution in [3.8, 4) is 0 Å². The van der Waals surface area contributed by atoms with Gasteiger partial charge in [0.15, 0.2) is 0 Å². The highest BCUT2D eigenvalue weighted by Crippen LogP contribution is 2.33. The lowest BCUT2D eigenvalue weighted by atomic mass is 10.2. The minimum absolute atomic E-state index is 0.942. The van der Waals surface area contributed by atoms with E-state index in [0.29, 0.717) is 0 Å². The summed E-state index contributed by atoms with van der Waals surface area (Å²) in [6, 6.07) is 8.56. The van der Waals surface area contributed by atoms with E-state index in [1.165, 1.54) is 20.5 Å². The first-order chi connectivity index (χ1) is 6.36. The van der Waals surface area contributed by atoms with Crippen molar-refractivity contribution >= 4 is 53.3 Å². The summed E-state index contributed by atoms with van der Waals surface area (Å²) in [5, 5.41) is 3.28. The predicted molar refractivity (Wildman–Crippen MR) is 67.1 cm³/mol. The number of benzene rings is 1. The van der Waals surface area contributed by atoms with Gasteiger partial charge in [0.2, 0.25) is 0 Å². The Morgan fingerprint density at radius 3 is 2.54 bits per heavy atom. The molecule has 0 radical (unpaired) electrons. The molecule has 0 spiro atoms. The Labute approximate surface area is 98.2 Å². The van der Waals surface area contributed by atoms with Crippen molar-refractivity contribution in [2.75, 3.05) is 0 Å².